The van der Waals surface area contributed by atoms with Crippen LogP contribution in [0.3, 0.4) is 0 Å². The van der Waals surface area contributed by atoms with E-state index in [1.54, 1.807) is 13.2 Å². The van der Waals surface area contributed by atoms with Crippen LogP contribution in [0.2, 0.25) is 0 Å². The van der Waals surface area contributed by atoms with Crippen molar-refractivity contribution in [3.63, 3.8) is 0 Å². The molecule has 0 aliphatic rings. The lowest BCUT2D eigenvalue weighted by atomic mass is 10.2. The van der Waals surface area contributed by atoms with Gasteiger partial charge in [-0.05, 0) is 30.5 Å². The third-order valence-electron chi connectivity index (χ3n) is 3.17. The van der Waals surface area contributed by atoms with E-state index in [0.717, 1.165) is 24.3 Å². The first-order valence-electron chi connectivity index (χ1n) is 7.29. The molecule has 0 fully saturated rings. The molecular formula is C16H27N3O2. The molecule has 0 spiro atoms. The minimum atomic E-state index is -0.0324. The minimum Gasteiger partial charge on any atom is -0.398 e. The number of anilines is 2. The summed E-state index contributed by atoms with van der Waals surface area (Å²) in [6.07, 6.45) is 0. The maximum atomic E-state index is 12.1. The molecule has 1 aromatic carbocycles. The highest BCUT2D eigenvalue weighted by Crippen LogP contribution is 2.16. The Kier molecular flexibility index (Phi) is 7.19. The van der Waals surface area contributed by atoms with E-state index in [0.29, 0.717) is 24.8 Å². The van der Waals surface area contributed by atoms with E-state index in [4.69, 9.17) is 10.5 Å². The van der Waals surface area contributed by atoms with Gasteiger partial charge in [0.15, 0.2) is 0 Å². The van der Waals surface area contributed by atoms with E-state index >= 15 is 0 Å². The molecule has 1 rings (SSSR count). The molecule has 0 aromatic heterocycles. The van der Waals surface area contributed by atoms with Gasteiger partial charge < -0.3 is 15.8 Å². The lowest BCUT2D eigenvalue weighted by molar-refractivity contribution is -0.117. The molecule has 1 amide bonds. The first-order chi connectivity index (χ1) is 9.92. The normalized spacial score (nSPS) is 11.1. The molecular weight excluding hydrogens is 266 g/mol. The van der Waals surface area contributed by atoms with Gasteiger partial charge in [-0.15, -0.1) is 0 Å². The van der Waals surface area contributed by atoms with Gasteiger partial charge in [0.25, 0.3) is 0 Å². The van der Waals surface area contributed by atoms with Crippen LogP contribution in [-0.2, 0) is 9.53 Å². The number of methoxy groups -OCH3 is 1. The Labute approximate surface area is 127 Å². The van der Waals surface area contributed by atoms with Crippen molar-refractivity contribution >= 4 is 17.3 Å². The molecule has 0 saturated heterocycles. The van der Waals surface area contributed by atoms with Gasteiger partial charge in [0.2, 0.25) is 5.91 Å². The van der Waals surface area contributed by atoms with Crippen LogP contribution in [0.1, 0.15) is 19.4 Å². The summed E-state index contributed by atoms with van der Waals surface area (Å²) >= 11 is 0. The summed E-state index contributed by atoms with van der Waals surface area (Å²) in [6.45, 7) is 8.81. The largest absolute Gasteiger partial charge is 0.398 e. The highest BCUT2D eigenvalue weighted by Gasteiger charge is 2.12. The molecule has 0 bridgehead atoms. The SMILES string of the molecule is COCCN(CC(=O)Nc1ccc(C)c(N)c1)CC(C)C. The molecule has 0 atom stereocenters. The molecule has 0 radical (unpaired) electrons. The van der Waals surface area contributed by atoms with Crippen LogP contribution < -0.4 is 11.1 Å². The van der Waals surface area contributed by atoms with Gasteiger partial charge in [-0.1, -0.05) is 19.9 Å². The van der Waals surface area contributed by atoms with Gasteiger partial charge in [-0.2, -0.15) is 0 Å². The molecule has 21 heavy (non-hydrogen) atoms. The monoisotopic (exact) mass is 293 g/mol. The van der Waals surface area contributed by atoms with Gasteiger partial charge in [0, 0.05) is 31.6 Å². The topological polar surface area (TPSA) is 67.6 Å². The van der Waals surface area contributed by atoms with E-state index in [2.05, 4.69) is 24.1 Å². The van der Waals surface area contributed by atoms with Gasteiger partial charge in [-0.25, -0.2) is 0 Å². The number of ether oxygens (including phenoxy) is 1. The summed E-state index contributed by atoms with van der Waals surface area (Å²) in [5.74, 6) is 0.472. The number of hydrogen-bond acceptors (Lipinski definition) is 4. The molecule has 5 nitrogen and oxygen atoms in total. The molecule has 1 aromatic rings. The Bertz CT molecular complexity index is 461. The lowest BCUT2D eigenvalue weighted by Gasteiger charge is -2.23. The second-order valence-electron chi connectivity index (χ2n) is 5.74. The fourth-order valence-corrected chi connectivity index (χ4v) is 2.09. The highest BCUT2D eigenvalue weighted by molar-refractivity contribution is 5.92. The van der Waals surface area contributed by atoms with Crippen LogP contribution in [0.25, 0.3) is 0 Å². The minimum absolute atomic E-state index is 0.0324. The number of nitrogens with two attached hydrogens (primary N) is 1. The van der Waals surface area contributed by atoms with Crippen molar-refractivity contribution in [1.29, 1.82) is 0 Å². The van der Waals surface area contributed by atoms with E-state index in [1.807, 2.05) is 19.1 Å². The molecule has 0 heterocycles. The van der Waals surface area contributed by atoms with Crippen molar-refractivity contribution in [2.45, 2.75) is 20.8 Å². The summed E-state index contributed by atoms with van der Waals surface area (Å²) in [7, 11) is 1.67. The van der Waals surface area contributed by atoms with Crippen LogP contribution in [0.5, 0.6) is 0 Å². The van der Waals surface area contributed by atoms with Crippen molar-refractivity contribution in [3.8, 4) is 0 Å². The van der Waals surface area contributed by atoms with Crippen LogP contribution in [0.4, 0.5) is 11.4 Å². The summed E-state index contributed by atoms with van der Waals surface area (Å²) in [5.41, 5.74) is 8.28. The first kappa shape index (κ1) is 17.5. The summed E-state index contributed by atoms with van der Waals surface area (Å²) in [6, 6.07) is 5.56. The molecule has 0 unspecified atom stereocenters. The van der Waals surface area contributed by atoms with Crippen molar-refractivity contribution in [1.82, 2.24) is 4.90 Å². The number of nitrogen functional groups attached to an aromatic ring is 1. The van der Waals surface area contributed by atoms with Crippen LogP contribution >= 0.6 is 0 Å². The number of benzene rings is 1. The zero-order valence-corrected chi connectivity index (χ0v) is 13.5. The average molecular weight is 293 g/mol. The zero-order chi connectivity index (χ0) is 15.8. The number of amides is 1. The lowest BCUT2D eigenvalue weighted by Crippen LogP contribution is -2.37. The number of rotatable bonds is 8. The van der Waals surface area contributed by atoms with Crippen molar-refractivity contribution in [3.05, 3.63) is 23.8 Å². The van der Waals surface area contributed by atoms with Gasteiger partial charge in [-0.3, -0.25) is 9.69 Å². The number of carbonyl (C=O) groups is 1. The Morgan fingerprint density at radius 2 is 2.14 bits per heavy atom. The van der Waals surface area contributed by atoms with E-state index in [9.17, 15) is 4.79 Å². The van der Waals surface area contributed by atoms with Gasteiger partial charge in [0.1, 0.15) is 0 Å². The summed E-state index contributed by atoms with van der Waals surface area (Å²) < 4.78 is 5.09. The predicted molar refractivity (Wildman–Crippen MR) is 87.4 cm³/mol. The third kappa shape index (κ3) is 6.60. The fourth-order valence-electron chi connectivity index (χ4n) is 2.09. The molecule has 0 aliphatic carbocycles. The van der Waals surface area contributed by atoms with Crippen molar-refractivity contribution in [2.75, 3.05) is 44.4 Å². The molecule has 3 N–H and O–H groups in total. The second kappa shape index (κ2) is 8.64. The number of nitrogens with zero attached hydrogens (tertiary/aromatic N) is 1. The fraction of sp³-hybridized carbons (Fsp3) is 0.562. The highest BCUT2D eigenvalue weighted by atomic mass is 16.5. The number of aryl methyl sites for hydroxylation is 1. The van der Waals surface area contributed by atoms with E-state index < -0.39 is 0 Å². The number of hydrogen-bond donors (Lipinski definition) is 2. The Hall–Kier alpha value is -1.59. The second-order valence-corrected chi connectivity index (χ2v) is 5.74. The van der Waals surface area contributed by atoms with E-state index in [1.165, 1.54) is 0 Å². The maximum Gasteiger partial charge on any atom is 0.238 e. The molecule has 0 aliphatic heterocycles. The summed E-state index contributed by atoms with van der Waals surface area (Å²) in [5, 5.41) is 2.89. The van der Waals surface area contributed by atoms with Gasteiger partial charge in [0.05, 0.1) is 13.2 Å². The van der Waals surface area contributed by atoms with Crippen LogP contribution in [0, 0.1) is 12.8 Å². The maximum absolute atomic E-state index is 12.1. The Morgan fingerprint density at radius 1 is 1.43 bits per heavy atom. The predicted octanol–water partition coefficient (Wildman–Crippen LogP) is 2.12. The smallest absolute Gasteiger partial charge is 0.238 e. The Balaban J connectivity index is 2.57. The zero-order valence-electron chi connectivity index (χ0n) is 13.5. The quantitative estimate of drug-likeness (QED) is 0.720. The first-order valence-corrected chi connectivity index (χ1v) is 7.29. The Morgan fingerprint density at radius 3 is 2.71 bits per heavy atom. The molecule has 5 heteroatoms. The average Bonchev–Trinajstić information content (AvgIpc) is 2.39. The standard InChI is InChI=1S/C16H27N3O2/c1-12(2)10-19(7-8-21-4)11-16(20)18-14-6-5-13(3)15(17)9-14/h5-6,9,12H,7-8,10-11,17H2,1-4H3,(H,18,20). The van der Waals surface area contributed by atoms with E-state index in [-0.39, 0.29) is 5.91 Å². The third-order valence-corrected chi connectivity index (χ3v) is 3.17. The number of nitrogens with one attached hydrogen (secondary N) is 1. The summed E-state index contributed by atoms with van der Waals surface area (Å²) in [4.78, 5) is 14.2. The molecule has 118 valence electrons. The van der Waals surface area contributed by atoms with Crippen molar-refractivity contribution < 1.29 is 9.53 Å². The van der Waals surface area contributed by atoms with Crippen molar-refractivity contribution in [2.24, 2.45) is 5.92 Å². The van der Waals surface area contributed by atoms with Gasteiger partial charge >= 0.3 is 0 Å². The number of carbonyl (C=O) groups excluding carboxylic acids is 1. The van der Waals surface area contributed by atoms with Crippen LogP contribution in [-0.4, -0.2) is 44.2 Å². The van der Waals surface area contributed by atoms with Crippen LogP contribution in [0.15, 0.2) is 18.2 Å². The molecule has 0 saturated carbocycles.